The lowest BCUT2D eigenvalue weighted by Crippen LogP contribution is -2.67. The first kappa shape index (κ1) is 39.1. The first-order valence-electron chi connectivity index (χ1n) is 14.9. The number of hydrogen-bond acceptors (Lipinski definition) is 18. The van der Waals surface area contributed by atoms with E-state index in [-0.39, 0.29) is 18.1 Å². The van der Waals surface area contributed by atoms with E-state index in [1.807, 2.05) is 0 Å². The van der Waals surface area contributed by atoms with Crippen molar-refractivity contribution in [3.63, 3.8) is 0 Å². The van der Waals surface area contributed by atoms with E-state index in [9.17, 15) is 60.7 Å². The molecule has 268 valence electrons. The summed E-state index contributed by atoms with van der Waals surface area (Å²) in [6.45, 7) is -1.98. The minimum absolute atomic E-state index is 0.0374. The Hall–Kier alpha value is -1.31. The number of nitrogens with one attached hydrogen (secondary N) is 2. The van der Waals surface area contributed by atoms with Gasteiger partial charge in [-0.25, -0.2) is 0 Å². The van der Waals surface area contributed by atoms with Gasteiger partial charge in [-0.05, 0) is 12.8 Å². The van der Waals surface area contributed by atoms with Crippen molar-refractivity contribution in [3.05, 3.63) is 0 Å². The molecular weight excluding hydrogens is 644 g/mol. The summed E-state index contributed by atoms with van der Waals surface area (Å²) >= 11 is 3.86. The number of hydrogen-bond donors (Lipinski definition) is 13. The van der Waals surface area contributed by atoms with Crippen LogP contribution in [0.4, 0.5) is 0 Å². The number of carbonyl (C=O) groups excluding carboxylic acids is 2. The van der Waals surface area contributed by atoms with Gasteiger partial charge < -0.3 is 85.4 Å². The van der Waals surface area contributed by atoms with Gasteiger partial charge in [-0.15, -0.1) is 0 Å². The minimum atomic E-state index is -1.95. The number of unbranched alkanes of at least 4 members (excludes halogenated alkanes) is 2. The van der Waals surface area contributed by atoms with Gasteiger partial charge in [0, 0.05) is 13.0 Å². The lowest BCUT2D eigenvalue weighted by Gasteiger charge is -2.48. The first-order chi connectivity index (χ1) is 21.9. The monoisotopic (exact) mass is 690 g/mol. The maximum absolute atomic E-state index is 12.4. The molecule has 0 unspecified atom stereocenters. The Morgan fingerprint density at radius 1 is 0.609 bits per heavy atom. The predicted octanol–water partition coefficient (Wildman–Crippen LogP) is -6.84. The number of rotatable bonds is 15. The van der Waals surface area contributed by atoms with Crippen LogP contribution in [0.1, 0.15) is 25.7 Å². The van der Waals surface area contributed by atoms with Crippen LogP contribution in [0.5, 0.6) is 0 Å². The third kappa shape index (κ3) is 9.65. The van der Waals surface area contributed by atoms with Crippen molar-refractivity contribution in [2.24, 2.45) is 0 Å². The largest absolute Gasteiger partial charge is 0.394 e. The summed E-state index contributed by atoms with van der Waals surface area (Å²) in [5.41, 5.74) is 0. The van der Waals surface area contributed by atoms with Crippen LogP contribution in [0.15, 0.2) is 0 Å². The highest BCUT2D eigenvalue weighted by atomic mass is 32.1. The Morgan fingerprint density at radius 3 is 1.80 bits per heavy atom. The molecule has 3 fully saturated rings. The molecule has 3 rings (SSSR count). The van der Waals surface area contributed by atoms with E-state index in [0.717, 1.165) is 0 Å². The zero-order valence-corrected chi connectivity index (χ0v) is 25.7. The molecule has 12 N–H and O–H groups in total. The van der Waals surface area contributed by atoms with Gasteiger partial charge in [0.25, 0.3) is 0 Å². The fraction of sp³-hybridized carbons (Fsp3) is 0.923. The van der Waals surface area contributed by atoms with Crippen LogP contribution in [0.3, 0.4) is 0 Å². The second kappa shape index (κ2) is 18.5. The number of amides is 2. The third-order valence-electron chi connectivity index (χ3n) is 7.97. The molecule has 3 saturated heterocycles. The predicted molar refractivity (Wildman–Crippen MR) is 153 cm³/mol. The van der Waals surface area contributed by atoms with Crippen LogP contribution >= 0.6 is 12.6 Å². The molecular formula is C26H46N2O17S. The third-order valence-corrected chi connectivity index (χ3v) is 8.25. The molecule has 0 bridgehead atoms. The van der Waals surface area contributed by atoms with Crippen LogP contribution in [-0.4, -0.2) is 187 Å². The summed E-state index contributed by atoms with van der Waals surface area (Å²) in [5.74, 6) is -0.661. The normalized spacial score (nSPS) is 41.6. The average molecular weight is 691 g/mol. The molecule has 20 heteroatoms. The molecule has 46 heavy (non-hydrogen) atoms. The molecule has 0 aromatic rings. The van der Waals surface area contributed by atoms with E-state index in [0.29, 0.717) is 25.8 Å². The van der Waals surface area contributed by atoms with Gasteiger partial charge in [0.15, 0.2) is 18.8 Å². The molecule has 0 aromatic carbocycles. The van der Waals surface area contributed by atoms with Crippen molar-refractivity contribution in [3.8, 4) is 0 Å². The number of thiol groups is 1. The number of ether oxygens (including phenoxy) is 5. The fourth-order valence-electron chi connectivity index (χ4n) is 5.29. The van der Waals surface area contributed by atoms with Gasteiger partial charge in [0.05, 0.1) is 25.6 Å². The Labute approximate surface area is 269 Å². The Bertz CT molecular complexity index is 952. The molecule has 3 aliphatic heterocycles. The molecule has 0 aromatic heterocycles. The van der Waals surface area contributed by atoms with E-state index >= 15 is 0 Å². The average Bonchev–Trinajstić information content (AvgIpc) is 3.04. The Kier molecular flexibility index (Phi) is 15.7. The first-order valence-corrected chi connectivity index (χ1v) is 15.5. The summed E-state index contributed by atoms with van der Waals surface area (Å²) in [5, 5.41) is 108. The number of aliphatic hydroxyl groups is 10. The molecule has 0 spiro atoms. The number of carbonyl (C=O) groups is 2. The summed E-state index contributed by atoms with van der Waals surface area (Å²) in [7, 11) is 0. The van der Waals surface area contributed by atoms with Crippen LogP contribution in [0.25, 0.3) is 0 Å². The van der Waals surface area contributed by atoms with Gasteiger partial charge in [-0.1, -0.05) is 6.42 Å². The molecule has 19 nitrogen and oxygen atoms in total. The second-order valence-corrected chi connectivity index (χ2v) is 11.6. The molecule has 3 aliphatic rings. The molecule has 0 radical (unpaired) electrons. The summed E-state index contributed by atoms with van der Waals surface area (Å²) in [6.07, 6.45) is -23.7. The fourth-order valence-corrected chi connectivity index (χ4v) is 5.40. The quantitative estimate of drug-likeness (QED) is 0.0561. The number of aliphatic hydroxyl groups excluding tert-OH is 10. The maximum Gasteiger partial charge on any atom is 0.229 e. The van der Waals surface area contributed by atoms with Crippen LogP contribution in [0.2, 0.25) is 0 Å². The SMILES string of the molecule is O=C(CS)NCCCCCC(=O)N[C@@H]1O[C@H](CO)[C@H](O[C@@H]2O[C@H](CO)[C@H](O)[C@H](O[C@H]3O[C@H](CO)[C@H](O)[C@H](O)[C@H]3O)[C@H]2O)[C@H](O)[C@H]1O. The van der Waals surface area contributed by atoms with E-state index in [1.165, 1.54) is 0 Å². The van der Waals surface area contributed by atoms with Crippen molar-refractivity contribution in [2.45, 2.75) is 118 Å². The van der Waals surface area contributed by atoms with Crippen molar-refractivity contribution >= 4 is 24.4 Å². The molecule has 15 atom stereocenters. The Morgan fingerprint density at radius 2 is 1.20 bits per heavy atom. The minimum Gasteiger partial charge on any atom is -0.394 e. The van der Waals surface area contributed by atoms with Crippen molar-refractivity contribution < 1.29 is 84.3 Å². The standard InChI is InChI=1S/C26H46N2O17S/c29-6-10-15(34)17(36)20(39)25(42-10)45-23-16(35)11(7-30)43-26(21(23)40)44-22-12(8-31)41-24(19(38)18(22)37)28-13(32)4-2-1-3-5-27-14(33)9-46/h10-12,15-26,29-31,34-40,46H,1-9H2,(H,27,33)(H,28,32)/t10-,11-,12-,15+,16+,17+,18-,19-,20-,21-,22+,23+,24-,25-,26+/m1/s1. The lowest BCUT2D eigenvalue weighted by molar-refractivity contribution is -0.374. The molecule has 0 aliphatic carbocycles. The van der Waals surface area contributed by atoms with Crippen molar-refractivity contribution in [1.29, 1.82) is 0 Å². The van der Waals surface area contributed by atoms with Gasteiger partial charge in [0.1, 0.15) is 73.2 Å². The summed E-state index contributed by atoms with van der Waals surface area (Å²) < 4.78 is 27.5. The highest BCUT2D eigenvalue weighted by molar-refractivity contribution is 7.81. The summed E-state index contributed by atoms with van der Waals surface area (Å²) in [4.78, 5) is 23.6. The van der Waals surface area contributed by atoms with Crippen molar-refractivity contribution in [2.75, 3.05) is 32.1 Å². The lowest BCUT2D eigenvalue weighted by atomic mass is 9.95. The van der Waals surface area contributed by atoms with Gasteiger partial charge in [-0.3, -0.25) is 9.59 Å². The zero-order chi connectivity index (χ0) is 34.1. The zero-order valence-electron chi connectivity index (χ0n) is 24.8. The van der Waals surface area contributed by atoms with E-state index in [4.69, 9.17) is 23.7 Å². The molecule has 0 saturated carbocycles. The Balaban J connectivity index is 1.61. The van der Waals surface area contributed by atoms with Crippen LogP contribution < -0.4 is 10.6 Å². The molecule has 2 amide bonds. The van der Waals surface area contributed by atoms with Crippen molar-refractivity contribution in [1.82, 2.24) is 10.6 Å². The second-order valence-electron chi connectivity index (χ2n) is 11.3. The highest BCUT2D eigenvalue weighted by Crippen LogP contribution is 2.32. The van der Waals surface area contributed by atoms with Crippen LogP contribution in [-0.2, 0) is 33.3 Å². The van der Waals surface area contributed by atoms with E-state index in [2.05, 4.69) is 23.3 Å². The van der Waals surface area contributed by atoms with Gasteiger partial charge in [0.2, 0.25) is 11.8 Å². The van der Waals surface area contributed by atoms with Crippen LogP contribution in [0, 0.1) is 0 Å². The van der Waals surface area contributed by atoms with E-state index in [1.54, 1.807) is 0 Å². The van der Waals surface area contributed by atoms with E-state index < -0.39 is 118 Å². The topological polar surface area (TPSA) is 307 Å². The molecule has 3 heterocycles. The smallest absolute Gasteiger partial charge is 0.229 e. The maximum atomic E-state index is 12.4. The highest BCUT2D eigenvalue weighted by Gasteiger charge is 2.53. The van der Waals surface area contributed by atoms with Gasteiger partial charge in [-0.2, -0.15) is 12.6 Å². The van der Waals surface area contributed by atoms with Gasteiger partial charge >= 0.3 is 0 Å². The summed E-state index contributed by atoms with van der Waals surface area (Å²) in [6, 6.07) is 0.